The molecule has 8 heavy (non-hydrogen) atoms. The van der Waals surface area contributed by atoms with Gasteiger partial charge in [0.2, 0.25) is 0 Å². The van der Waals surface area contributed by atoms with Crippen LogP contribution in [0.5, 0.6) is 0 Å². The van der Waals surface area contributed by atoms with Crippen molar-refractivity contribution in [2.24, 2.45) is 0 Å². The van der Waals surface area contributed by atoms with Crippen LogP contribution in [0.1, 0.15) is 0 Å². The van der Waals surface area contributed by atoms with Crippen LogP contribution in [-0.2, 0) is 0 Å². The second-order valence-corrected chi connectivity index (χ2v) is 2.23. The first-order valence-corrected chi connectivity index (χ1v) is 3.56. The lowest BCUT2D eigenvalue weighted by Crippen LogP contribution is -2.28. The summed E-state index contributed by atoms with van der Waals surface area (Å²) in [4.78, 5) is 0. The third kappa shape index (κ3) is 2.81. The number of aliphatic hydroxyl groups excluding tert-OH is 2. The highest BCUT2D eigenvalue weighted by atomic mass is 32.1. The Bertz CT molecular complexity index is 52.0. The molecule has 4 heteroatoms. The fraction of sp³-hybridized carbons (Fsp3) is 1.00. The van der Waals surface area contributed by atoms with Crippen LogP contribution in [-0.4, -0.2) is 33.9 Å². The summed E-state index contributed by atoms with van der Waals surface area (Å²) in [5.41, 5.74) is 0. The Morgan fingerprint density at radius 2 is 1.25 bits per heavy atom. The summed E-state index contributed by atoms with van der Waals surface area (Å²) in [6.45, 7) is 0. The van der Waals surface area contributed by atoms with E-state index in [1.165, 1.54) is 0 Å². The van der Waals surface area contributed by atoms with E-state index in [2.05, 4.69) is 25.3 Å². The van der Waals surface area contributed by atoms with E-state index in [1.807, 2.05) is 0 Å². The van der Waals surface area contributed by atoms with Crippen molar-refractivity contribution in [3.63, 3.8) is 0 Å². The summed E-state index contributed by atoms with van der Waals surface area (Å²) in [7, 11) is 0. The van der Waals surface area contributed by atoms with E-state index in [0.717, 1.165) is 0 Å². The third-order valence-corrected chi connectivity index (χ3v) is 1.57. The van der Waals surface area contributed by atoms with Crippen LogP contribution in [0.15, 0.2) is 0 Å². The van der Waals surface area contributed by atoms with E-state index in [4.69, 9.17) is 10.2 Å². The van der Waals surface area contributed by atoms with Crippen LogP contribution < -0.4 is 0 Å². The highest BCUT2D eigenvalue weighted by molar-refractivity contribution is 7.80. The number of thiol groups is 2. The molecular formula is C4H10O2S2. The minimum atomic E-state index is -0.740. The summed E-state index contributed by atoms with van der Waals surface area (Å²) < 4.78 is 0. The van der Waals surface area contributed by atoms with Crippen LogP contribution in [0, 0.1) is 0 Å². The fourth-order valence-electron chi connectivity index (χ4n) is 0.243. The molecule has 0 saturated heterocycles. The minimum absolute atomic E-state index is 0.279. The molecule has 0 aromatic heterocycles. The van der Waals surface area contributed by atoms with Crippen molar-refractivity contribution in [2.75, 3.05) is 11.5 Å². The predicted octanol–water partition coefficient (Wildman–Crippen LogP) is -0.432. The van der Waals surface area contributed by atoms with E-state index in [1.54, 1.807) is 0 Å². The fourth-order valence-corrected chi connectivity index (χ4v) is 0.730. The number of rotatable bonds is 3. The van der Waals surface area contributed by atoms with Gasteiger partial charge in [-0.1, -0.05) is 0 Å². The molecule has 0 aromatic carbocycles. The minimum Gasteiger partial charge on any atom is -0.390 e. The maximum atomic E-state index is 8.75. The Kier molecular flexibility index (Phi) is 4.84. The Labute approximate surface area is 59.7 Å². The zero-order valence-corrected chi connectivity index (χ0v) is 6.15. The van der Waals surface area contributed by atoms with Gasteiger partial charge in [-0.2, -0.15) is 25.3 Å². The predicted molar refractivity (Wildman–Crippen MR) is 39.7 cm³/mol. The largest absolute Gasteiger partial charge is 0.390 e. The van der Waals surface area contributed by atoms with Gasteiger partial charge in [0.1, 0.15) is 0 Å². The summed E-state index contributed by atoms with van der Waals surface area (Å²) in [5, 5.41) is 17.5. The molecular weight excluding hydrogens is 144 g/mol. The third-order valence-electron chi connectivity index (χ3n) is 0.818. The first kappa shape index (κ1) is 8.62. The first-order chi connectivity index (χ1) is 3.72. The molecule has 0 aliphatic carbocycles. The van der Waals surface area contributed by atoms with E-state index in [0.29, 0.717) is 0 Å². The zero-order chi connectivity index (χ0) is 6.57. The standard InChI is InChI=1S/C4H10O2S2/c5-3(1-7)4(6)2-8/h3-8H,1-2H2/t3-,4?/m0/s1. The van der Waals surface area contributed by atoms with Gasteiger partial charge in [0.05, 0.1) is 12.2 Å². The monoisotopic (exact) mass is 154 g/mol. The van der Waals surface area contributed by atoms with Crippen LogP contribution >= 0.6 is 25.3 Å². The van der Waals surface area contributed by atoms with Crippen molar-refractivity contribution in [3.05, 3.63) is 0 Å². The SMILES string of the molecule is OC(CS)[C@@H](O)CS. The van der Waals surface area contributed by atoms with Crippen molar-refractivity contribution >= 4 is 25.3 Å². The lowest BCUT2D eigenvalue weighted by atomic mass is 10.3. The van der Waals surface area contributed by atoms with Gasteiger partial charge in [0, 0.05) is 11.5 Å². The number of aliphatic hydroxyl groups is 2. The van der Waals surface area contributed by atoms with Crippen LogP contribution in [0.2, 0.25) is 0 Å². The molecule has 2 nitrogen and oxygen atoms in total. The molecule has 0 aromatic rings. The maximum Gasteiger partial charge on any atom is 0.0894 e. The topological polar surface area (TPSA) is 40.5 Å². The van der Waals surface area contributed by atoms with E-state index < -0.39 is 12.2 Å². The summed E-state index contributed by atoms with van der Waals surface area (Å²) in [6.07, 6.45) is -1.48. The first-order valence-electron chi connectivity index (χ1n) is 2.30. The van der Waals surface area contributed by atoms with E-state index in [9.17, 15) is 0 Å². The number of hydrogen-bond acceptors (Lipinski definition) is 4. The van der Waals surface area contributed by atoms with Gasteiger partial charge >= 0.3 is 0 Å². The van der Waals surface area contributed by atoms with Crippen LogP contribution in [0.4, 0.5) is 0 Å². The molecule has 0 bridgehead atoms. The lowest BCUT2D eigenvalue weighted by Gasteiger charge is -2.11. The molecule has 1 unspecified atom stereocenters. The van der Waals surface area contributed by atoms with Crippen molar-refractivity contribution in [1.29, 1.82) is 0 Å². The second kappa shape index (κ2) is 4.49. The quantitative estimate of drug-likeness (QED) is 0.417. The Morgan fingerprint density at radius 1 is 1.00 bits per heavy atom. The van der Waals surface area contributed by atoms with Gasteiger partial charge in [0.15, 0.2) is 0 Å². The molecule has 0 fully saturated rings. The van der Waals surface area contributed by atoms with Crippen molar-refractivity contribution in [1.82, 2.24) is 0 Å². The van der Waals surface area contributed by atoms with Crippen molar-refractivity contribution in [3.8, 4) is 0 Å². The highest BCUT2D eigenvalue weighted by Crippen LogP contribution is 1.96. The summed E-state index contributed by atoms with van der Waals surface area (Å²) in [5.74, 6) is 0.559. The van der Waals surface area contributed by atoms with Gasteiger partial charge in [-0.15, -0.1) is 0 Å². The molecule has 50 valence electrons. The average molecular weight is 154 g/mol. The zero-order valence-electron chi connectivity index (χ0n) is 4.36. The van der Waals surface area contributed by atoms with Crippen LogP contribution in [0.25, 0.3) is 0 Å². The van der Waals surface area contributed by atoms with Crippen LogP contribution in [0.3, 0.4) is 0 Å². The van der Waals surface area contributed by atoms with Gasteiger partial charge in [-0.25, -0.2) is 0 Å². The molecule has 0 saturated carbocycles. The second-order valence-electron chi connectivity index (χ2n) is 1.50. The van der Waals surface area contributed by atoms with Gasteiger partial charge in [-0.3, -0.25) is 0 Å². The Balaban J connectivity index is 3.29. The molecule has 0 heterocycles. The highest BCUT2D eigenvalue weighted by Gasteiger charge is 2.10. The van der Waals surface area contributed by atoms with E-state index in [-0.39, 0.29) is 11.5 Å². The lowest BCUT2D eigenvalue weighted by molar-refractivity contribution is 0.0504. The van der Waals surface area contributed by atoms with Gasteiger partial charge < -0.3 is 10.2 Å². The molecule has 0 rings (SSSR count). The molecule has 2 N–H and O–H groups in total. The Hall–Kier alpha value is 0.620. The molecule has 0 aliphatic rings. The molecule has 0 aliphatic heterocycles. The van der Waals surface area contributed by atoms with Crippen molar-refractivity contribution < 1.29 is 10.2 Å². The molecule has 0 amide bonds. The van der Waals surface area contributed by atoms with Gasteiger partial charge in [-0.05, 0) is 0 Å². The normalized spacial score (nSPS) is 18.0. The van der Waals surface area contributed by atoms with Gasteiger partial charge in [0.25, 0.3) is 0 Å². The number of hydrogen-bond donors (Lipinski definition) is 4. The molecule has 0 spiro atoms. The maximum absolute atomic E-state index is 8.75. The van der Waals surface area contributed by atoms with E-state index >= 15 is 0 Å². The Morgan fingerprint density at radius 3 is 1.38 bits per heavy atom. The summed E-state index contributed by atoms with van der Waals surface area (Å²) in [6, 6.07) is 0. The average Bonchev–Trinajstić information content (AvgIpc) is 1.84. The molecule has 0 radical (unpaired) electrons. The smallest absolute Gasteiger partial charge is 0.0894 e. The van der Waals surface area contributed by atoms with Crippen molar-refractivity contribution in [2.45, 2.75) is 12.2 Å². The molecule has 2 atom stereocenters. The summed E-state index contributed by atoms with van der Waals surface area (Å²) >= 11 is 7.53.